The van der Waals surface area contributed by atoms with Crippen LogP contribution in [0.2, 0.25) is 0 Å². The second kappa shape index (κ2) is 5.38. The summed E-state index contributed by atoms with van der Waals surface area (Å²) >= 11 is 0. The van der Waals surface area contributed by atoms with Gasteiger partial charge in [0.25, 0.3) is 0 Å². The zero-order valence-corrected chi connectivity index (χ0v) is 12.8. The quantitative estimate of drug-likeness (QED) is 0.728. The van der Waals surface area contributed by atoms with E-state index in [1.165, 1.54) is 18.6 Å². The van der Waals surface area contributed by atoms with E-state index in [4.69, 9.17) is 4.42 Å². The predicted octanol–water partition coefficient (Wildman–Crippen LogP) is 1.18. The first-order chi connectivity index (χ1) is 10.5. The average molecular weight is 319 g/mol. The van der Waals surface area contributed by atoms with Crippen LogP contribution >= 0.6 is 0 Å². The van der Waals surface area contributed by atoms with Crippen LogP contribution in [0, 0.1) is 6.92 Å². The van der Waals surface area contributed by atoms with E-state index in [0.717, 1.165) is 0 Å². The minimum atomic E-state index is -1.28. The molecule has 0 aliphatic heterocycles. The lowest BCUT2D eigenvalue weighted by Gasteiger charge is -2.09. The zero-order chi connectivity index (χ0) is 15.9. The van der Waals surface area contributed by atoms with Gasteiger partial charge in [0.2, 0.25) is 5.16 Å². The number of hydrogen-bond acceptors (Lipinski definition) is 6. The summed E-state index contributed by atoms with van der Waals surface area (Å²) in [7, 11) is -1.28. The summed E-state index contributed by atoms with van der Waals surface area (Å²) in [5.74, 6) is 0.0625. The third-order valence-corrected chi connectivity index (χ3v) is 4.23. The molecule has 2 aromatic heterocycles. The van der Waals surface area contributed by atoms with Crippen molar-refractivity contribution < 1.29 is 13.7 Å². The molecule has 0 amide bonds. The van der Waals surface area contributed by atoms with Crippen LogP contribution < -0.4 is 5.63 Å². The average Bonchev–Trinajstić information content (AvgIpc) is 2.91. The highest BCUT2D eigenvalue weighted by Gasteiger charge is 2.14. The van der Waals surface area contributed by atoms with Crippen LogP contribution in [0.15, 0.2) is 38.9 Å². The molecule has 0 spiro atoms. The molecule has 8 heteroatoms. The molecular weight excluding hydrogens is 306 g/mol. The van der Waals surface area contributed by atoms with E-state index < -0.39 is 16.4 Å². The Morgan fingerprint density at radius 1 is 1.41 bits per heavy atom. The van der Waals surface area contributed by atoms with Gasteiger partial charge >= 0.3 is 5.63 Å². The maximum absolute atomic E-state index is 11.8. The summed E-state index contributed by atoms with van der Waals surface area (Å²) in [6.45, 7) is 1.96. The highest BCUT2D eigenvalue weighted by atomic mass is 32.2. The fourth-order valence-corrected chi connectivity index (χ4v) is 2.91. The van der Waals surface area contributed by atoms with Gasteiger partial charge < -0.3 is 14.1 Å². The molecule has 3 aromatic rings. The number of aromatic hydroxyl groups is 1. The Bertz CT molecular complexity index is 945. The highest BCUT2D eigenvalue weighted by molar-refractivity contribution is 7.84. The Kier molecular flexibility index (Phi) is 3.53. The zero-order valence-electron chi connectivity index (χ0n) is 11.9. The van der Waals surface area contributed by atoms with Crippen molar-refractivity contribution in [1.29, 1.82) is 0 Å². The molecule has 0 bridgehead atoms. The second-order valence-electron chi connectivity index (χ2n) is 4.87. The molecule has 0 fully saturated rings. The van der Waals surface area contributed by atoms with E-state index in [9.17, 15) is 14.1 Å². The summed E-state index contributed by atoms with van der Waals surface area (Å²) in [5, 5.41) is 18.3. The van der Waals surface area contributed by atoms with E-state index in [0.29, 0.717) is 27.3 Å². The summed E-state index contributed by atoms with van der Waals surface area (Å²) in [6.07, 6.45) is 2.98. The number of hydrogen-bond donors (Lipinski definition) is 1. The van der Waals surface area contributed by atoms with Crippen LogP contribution in [0.3, 0.4) is 0 Å². The van der Waals surface area contributed by atoms with Gasteiger partial charge in [0.1, 0.15) is 17.7 Å². The van der Waals surface area contributed by atoms with Crippen molar-refractivity contribution in [2.45, 2.75) is 18.6 Å². The van der Waals surface area contributed by atoms with E-state index in [-0.39, 0.29) is 12.3 Å². The van der Waals surface area contributed by atoms with Gasteiger partial charge in [0, 0.05) is 23.3 Å². The minimum Gasteiger partial charge on any atom is -0.508 e. The summed E-state index contributed by atoms with van der Waals surface area (Å²) in [4.78, 5) is 11.8. The normalized spacial score (nSPS) is 12.6. The van der Waals surface area contributed by atoms with E-state index >= 15 is 0 Å². The predicted molar refractivity (Wildman–Crippen MR) is 80.3 cm³/mol. The molecule has 7 nitrogen and oxygen atoms in total. The fourth-order valence-electron chi connectivity index (χ4n) is 2.31. The molecule has 1 aromatic carbocycles. The first-order valence-corrected chi connectivity index (χ1v) is 7.99. The molecular formula is C14H13N3O4S. The first kappa shape index (κ1) is 14.5. The van der Waals surface area contributed by atoms with Crippen molar-refractivity contribution in [1.82, 2.24) is 14.8 Å². The van der Waals surface area contributed by atoms with Crippen molar-refractivity contribution in [3.63, 3.8) is 0 Å². The van der Waals surface area contributed by atoms with Crippen LogP contribution in [-0.4, -0.2) is 30.3 Å². The fraction of sp³-hybridized carbons (Fsp3) is 0.214. The summed E-state index contributed by atoms with van der Waals surface area (Å²) in [6, 6.07) is 4.61. The maximum atomic E-state index is 11.8. The number of aryl methyl sites for hydroxylation is 1. The minimum absolute atomic E-state index is 0.0625. The van der Waals surface area contributed by atoms with E-state index in [1.807, 2.05) is 0 Å². The third kappa shape index (κ3) is 2.41. The number of fused-ring (bicyclic) bond motifs is 1. The van der Waals surface area contributed by atoms with Gasteiger partial charge in [-0.25, -0.2) is 4.79 Å². The van der Waals surface area contributed by atoms with Crippen molar-refractivity contribution in [2.24, 2.45) is 0 Å². The van der Waals surface area contributed by atoms with Crippen molar-refractivity contribution in [2.75, 3.05) is 6.26 Å². The number of phenols is 1. The lowest BCUT2D eigenvalue weighted by Crippen LogP contribution is -2.09. The molecule has 0 aliphatic carbocycles. The molecule has 3 rings (SSSR count). The lowest BCUT2D eigenvalue weighted by atomic mass is 10.1. The molecule has 0 saturated heterocycles. The van der Waals surface area contributed by atoms with Crippen LogP contribution in [0.25, 0.3) is 11.0 Å². The van der Waals surface area contributed by atoms with E-state index in [2.05, 4.69) is 10.2 Å². The van der Waals surface area contributed by atoms with Gasteiger partial charge in [-0.05, 0) is 24.6 Å². The Morgan fingerprint density at radius 2 is 2.18 bits per heavy atom. The molecule has 2 heterocycles. The number of phenolic OH excluding ortho intramolecular Hbond substituents is 1. The topological polar surface area (TPSA) is 98.2 Å². The van der Waals surface area contributed by atoms with Crippen LogP contribution in [-0.2, 0) is 17.3 Å². The number of nitrogens with zero attached hydrogens (tertiary/aromatic N) is 3. The molecule has 114 valence electrons. The number of rotatable bonds is 3. The monoisotopic (exact) mass is 319 g/mol. The number of benzene rings is 1. The molecule has 0 saturated carbocycles. The van der Waals surface area contributed by atoms with Crippen LogP contribution in [0.4, 0.5) is 0 Å². The Balaban J connectivity index is 2.19. The SMILES string of the molecule is Cc1c(O)ccc2c(Cn3cnnc3[S@@](C)=O)cc(=O)oc12. The lowest BCUT2D eigenvalue weighted by molar-refractivity contribution is 0.468. The van der Waals surface area contributed by atoms with Crippen LogP contribution in [0.5, 0.6) is 5.75 Å². The Labute approximate surface area is 127 Å². The smallest absolute Gasteiger partial charge is 0.336 e. The van der Waals surface area contributed by atoms with Gasteiger partial charge in [-0.15, -0.1) is 10.2 Å². The molecule has 0 unspecified atom stereocenters. The van der Waals surface area contributed by atoms with Gasteiger partial charge in [-0.3, -0.25) is 4.21 Å². The molecule has 0 aliphatic rings. The van der Waals surface area contributed by atoms with Gasteiger partial charge in [0.05, 0.1) is 17.3 Å². The van der Waals surface area contributed by atoms with Gasteiger partial charge in [0.15, 0.2) is 0 Å². The third-order valence-electron chi connectivity index (χ3n) is 3.40. The molecule has 0 radical (unpaired) electrons. The number of aromatic nitrogens is 3. The van der Waals surface area contributed by atoms with Crippen molar-refractivity contribution in [3.05, 3.63) is 46.1 Å². The van der Waals surface area contributed by atoms with Crippen molar-refractivity contribution >= 4 is 21.8 Å². The van der Waals surface area contributed by atoms with Gasteiger partial charge in [-0.2, -0.15) is 0 Å². The molecule has 1 N–H and O–H groups in total. The maximum Gasteiger partial charge on any atom is 0.336 e. The molecule has 1 atom stereocenters. The van der Waals surface area contributed by atoms with Crippen LogP contribution in [0.1, 0.15) is 11.1 Å². The van der Waals surface area contributed by atoms with E-state index in [1.54, 1.807) is 23.6 Å². The summed E-state index contributed by atoms with van der Waals surface area (Å²) in [5.41, 5.74) is 1.01. The second-order valence-corrected chi connectivity index (χ2v) is 6.15. The first-order valence-electron chi connectivity index (χ1n) is 6.44. The van der Waals surface area contributed by atoms with Gasteiger partial charge in [-0.1, -0.05) is 0 Å². The molecule has 22 heavy (non-hydrogen) atoms. The summed E-state index contributed by atoms with van der Waals surface area (Å²) < 4.78 is 18.4. The standard InChI is InChI=1S/C14H13N3O4S/c1-8-11(18)4-3-10-9(5-12(19)21-13(8)10)6-17-7-15-16-14(17)22(2)20/h3-5,7,18H,6H2,1-2H3/t22-/m1/s1. The Morgan fingerprint density at radius 3 is 2.91 bits per heavy atom. The highest BCUT2D eigenvalue weighted by Crippen LogP contribution is 2.27. The Hall–Kier alpha value is -2.48. The van der Waals surface area contributed by atoms with Crippen molar-refractivity contribution in [3.8, 4) is 5.75 Å². The largest absolute Gasteiger partial charge is 0.508 e.